The minimum absolute atomic E-state index is 0.0165. The molecule has 6 heteroatoms. The molecule has 0 amide bonds. The summed E-state index contributed by atoms with van der Waals surface area (Å²) in [5, 5.41) is 3.24. The number of alkyl halides is 3. The quantitative estimate of drug-likeness (QED) is 0.820. The van der Waals surface area contributed by atoms with Gasteiger partial charge in [0.25, 0.3) is 0 Å². The van der Waals surface area contributed by atoms with Crippen LogP contribution in [-0.2, 0) is 6.18 Å². The lowest BCUT2D eigenvalue weighted by atomic mass is 10.2. The van der Waals surface area contributed by atoms with Crippen LogP contribution < -0.4 is 15.8 Å². The molecule has 0 aliphatic carbocycles. The number of nitrogen functional groups attached to an aromatic ring is 1. The summed E-state index contributed by atoms with van der Waals surface area (Å²) in [7, 11) is 0. The van der Waals surface area contributed by atoms with Gasteiger partial charge in [0.15, 0.2) is 0 Å². The average molecular weight is 260 g/mol. The van der Waals surface area contributed by atoms with Gasteiger partial charge in [-0.2, -0.15) is 13.2 Å². The summed E-state index contributed by atoms with van der Waals surface area (Å²) in [5.74, 6) is 0.302. The molecule has 1 fully saturated rings. The number of anilines is 1. The fraction of sp³-hybridized carbons (Fsp3) is 0.500. The van der Waals surface area contributed by atoms with Gasteiger partial charge >= 0.3 is 6.18 Å². The molecular formula is C12H15F3N2O. The molecule has 2 rings (SSSR count). The molecule has 1 unspecified atom stereocenters. The van der Waals surface area contributed by atoms with E-state index < -0.39 is 11.7 Å². The third kappa shape index (κ3) is 3.07. The summed E-state index contributed by atoms with van der Waals surface area (Å²) in [6, 6.07) is 3.41. The van der Waals surface area contributed by atoms with Crippen molar-refractivity contribution in [3.05, 3.63) is 23.8 Å². The van der Waals surface area contributed by atoms with Crippen LogP contribution in [0.1, 0.15) is 18.4 Å². The standard InChI is InChI=1S/C12H15F3N2O/c13-12(14,15)8-3-4-11(10(16)6-8)18-7-9-2-1-5-17-9/h3-4,6,9,17H,1-2,5,7,16H2. The van der Waals surface area contributed by atoms with Crippen molar-refractivity contribution in [2.75, 3.05) is 18.9 Å². The van der Waals surface area contributed by atoms with Crippen LogP contribution in [0.4, 0.5) is 18.9 Å². The largest absolute Gasteiger partial charge is 0.490 e. The van der Waals surface area contributed by atoms with Gasteiger partial charge in [0.05, 0.1) is 11.3 Å². The summed E-state index contributed by atoms with van der Waals surface area (Å²) in [6.07, 6.45) is -2.27. The Kier molecular flexibility index (Phi) is 3.65. The minimum Gasteiger partial charge on any atom is -0.490 e. The van der Waals surface area contributed by atoms with E-state index in [1.807, 2.05) is 0 Å². The second kappa shape index (κ2) is 5.06. The number of halogens is 3. The van der Waals surface area contributed by atoms with E-state index in [2.05, 4.69) is 5.32 Å². The van der Waals surface area contributed by atoms with Crippen LogP contribution in [0.3, 0.4) is 0 Å². The van der Waals surface area contributed by atoms with Crippen molar-refractivity contribution in [3.8, 4) is 5.75 Å². The first-order valence-corrected chi connectivity index (χ1v) is 5.80. The summed E-state index contributed by atoms with van der Waals surface area (Å²) < 4.78 is 42.7. The van der Waals surface area contributed by atoms with E-state index in [4.69, 9.17) is 10.5 Å². The Labute approximate surface area is 103 Å². The van der Waals surface area contributed by atoms with E-state index in [9.17, 15) is 13.2 Å². The van der Waals surface area contributed by atoms with Gasteiger partial charge in [0, 0.05) is 6.04 Å². The Bertz CT molecular complexity index is 414. The first-order valence-electron chi connectivity index (χ1n) is 5.80. The molecule has 1 aliphatic heterocycles. The molecule has 3 nitrogen and oxygen atoms in total. The average Bonchev–Trinajstić information content (AvgIpc) is 2.79. The molecule has 18 heavy (non-hydrogen) atoms. The molecule has 1 atom stereocenters. The Balaban J connectivity index is 2.01. The normalized spacial score (nSPS) is 20.1. The second-order valence-electron chi connectivity index (χ2n) is 4.35. The van der Waals surface area contributed by atoms with Gasteiger partial charge < -0.3 is 15.8 Å². The van der Waals surface area contributed by atoms with Crippen LogP contribution >= 0.6 is 0 Å². The highest BCUT2D eigenvalue weighted by Crippen LogP contribution is 2.33. The van der Waals surface area contributed by atoms with E-state index in [0.717, 1.165) is 31.5 Å². The number of hydrogen-bond acceptors (Lipinski definition) is 3. The molecule has 1 aromatic rings. The van der Waals surface area contributed by atoms with E-state index >= 15 is 0 Å². The van der Waals surface area contributed by atoms with E-state index in [1.54, 1.807) is 0 Å². The van der Waals surface area contributed by atoms with E-state index in [0.29, 0.717) is 12.4 Å². The van der Waals surface area contributed by atoms with Crippen molar-refractivity contribution in [3.63, 3.8) is 0 Å². The third-order valence-electron chi connectivity index (χ3n) is 2.94. The van der Waals surface area contributed by atoms with Gasteiger partial charge in [-0.15, -0.1) is 0 Å². The molecule has 1 aliphatic rings. The van der Waals surface area contributed by atoms with Crippen molar-refractivity contribution < 1.29 is 17.9 Å². The van der Waals surface area contributed by atoms with Gasteiger partial charge in [-0.3, -0.25) is 0 Å². The Morgan fingerprint density at radius 2 is 2.17 bits per heavy atom. The van der Waals surface area contributed by atoms with Crippen molar-refractivity contribution in [1.82, 2.24) is 5.32 Å². The monoisotopic (exact) mass is 260 g/mol. The van der Waals surface area contributed by atoms with Crippen LogP contribution in [0, 0.1) is 0 Å². The van der Waals surface area contributed by atoms with Crippen LogP contribution in [0.25, 0.3) is 0 Å². The van der Waals surface area contributed by atoms with Crippen molar-refractivity contribution in [2.45, 2.75) is 25.1 Å². The van der Waals surface area contributed by atoms with Gasteiger partial charge in [-0.1, -0.05) is 0 Å². The molecule has 1 heterocycles. The maximum atomic E-state index is 12.4. The molecule has 3 N–H and O–H groups in total. The summed E-state index contributed by atoms with van der Waals surface area (Å²) >= 11 is 0. The zero-order valence-corrected chi connectivity index (χ0v) is 9.76. The summed E-state index contributed by atoms with van der Waals surface area (Å²) in [4.78, 5) is 0. The zero-order valence-electron chi connectivity index (χ0n) is 9.76. The molecular weight excluding hydrogens is 245 g/mol. The molecule has 0 bridgehead atoms. The van der Waals surface area contributed by atoms with Crippen LogP contribution in [0.2, 0.25) is 0 Å². The second-order valence-corrected chi connectivity index (χ2v) is 4.35. The molecule has 1 saturated heterocycles. The molecule has 0 spiro atoms. The summed E-state index contributed by atoms with van der Waals surface area (Å²) in [5.41, 5.74) is 4.82. The number of ether oxygens (including phenoxy) is 1. The lowest BCUT2D eigenvalue weighted by molar-refractivity contribution is -0.137. The Morgan fingerprint density at radius 3 is 2.72 bits per heavy atom. The van der Waals surface area contributed by atoms with Gasteiger partial charge in [0.1, 0.15) is 12.4 Å². The maximum absolute atomic E-state index is 12.4. The fourth-order valence-corrected chi connectivity index (χ4v) is 1.95. The third-order valence-corrected chi connectivity index (χ3v) is 2.94. The van der Waals surface area contributed by atoms with Crippen molar-refractivity contribution in [2.24, 2.45) is 0 Å². The van der Waals surface area contributed by atoms with Crippen molar-refractivity contribution >= 4 is 5.69 Å². The molecule has 1 aromatic carbocycles. The first kappa shape index (κ1) is 13.0. The smallest absolute Gasteiger partial charge is 0.416 e. The predicted octanol–water partition coefficient (Wildman–Crippen LogP) is 2.42. The van der Waals surface area contributed by atoms with E-state index in [1.165, 1.54) is 6.07 Å². The highest BCUT2D eigenvalue weighted by Gasteiger charge is 2.31. The lowest BCUT2D eigenvalue weighted by Crippen LogP contribution is -2.28. The molecule has 0 aromatic heterocycles. The van der Waals surface area contributed by atoms with Gasteiger partial charge in [-0.25, -0.2) is 0 Å². The maximum Gasteiger partial charge on any atom is 0.416 e. The highest BCUT2D eigenvalue weighted by atomic mass is 19.4. The van der Waals surface area contributed by atoms with Gasteiger partial charge in [0.2, 0.25) is 0 Å². The van der Waals surface area contributed by atoms with Gasteiger partial charge in [-0.05, 0) is 37.6 Å². The fourth-order valence-electron chi connectivity index (χ4n) is 1.95. The van der Waals surface area contributed by atoms with Crippen molar-refractivity contribution in [1.29, 1.82) is 0 Å². The zero-order chi connectivity index (χ0) is 13.2. The van der Waals surface area contributed by atoms with Crippen LogP contribution in [0.5, 0.6) is 5.75 Å². The number of benzene rings is 1. The number of nitrogens with one attached hydrogen (secondary N) is 1. The molecule has 100 valence electrons. The highest BCUT2D eigenvalue weighted by molar-refractivity contribution is 5.54. The summed E-state index contributed by atoms with van der Waals surface area (Å²) in [6.45, 7) is 1.38. The number of nitrogens with two attached hydrogens (primary N) is 1. The van der Waals surface area contributed by atoms with E-state index in [-0.39, 0.29) is 11.7 Å². The Hall–Kier alpha value is -1.43. The predicted molar refractivity (Wildman–Crippen MR) is 62.4 cm³/mol. The number of rotatable bonds is 3. The topological polar surface area (TPSA) is 47.3 Å². The molecule has 0 radical (unpaired) electrons. The minimum atomic E-state index is -4.38. The van der Waals surface area contributed by atoms with Crippen LogP contribution in [-0.4, -0.2) is 19.2 Å². The first-order chi connectivity index (χ1) is 8.47. The van der Waals surface area contributed by atoms with Crippen LogP contribution in [0.15, 0.2) is 18.2 Å². The SMILES string of the molecule is Nc1cc(C(F)(F)F)ccc1OCC1CCCN1. The lowest BCUT2D eigenvalue weighted by Gasteiger charge is -2.15. The Morgan fingerprint density at radius 1 is 1.39 bits per heavy atom. The number of hydrogen-bond donors (Lipinski definition) is 2. The molecule has 0 saturated carbocycles.